The van der Waals surface area contributed by atoms with E-state index in [9.17, 15) is 27.9 Å². The van der Waals surface area contributed by atoms with Gasteiger partial charge in [0.05, 0.1) is 23.9 Å². The van der Waals surface area contributed by atoms with Crippen molar-refractivity contribution in [1.82, 2.24) is 4.68 Å². The third-order valence-corrected chi connectivity index (χ3v) is 6.07. The van der Waals surface area contributed by atoms with E-state index in [-0.39, 0.29) is 30.1 Å². The smallest absolute Gasteiger partial charge is 0.413 e. The predicted molar refractivity (Wildman–Crippen MR) is 110 cm³/mol. The molecule has 1 saturated carbocycles. The molecule has 0 radical (unpaired) electrons. The molecule has 1 fully saturated rings. The van der Waals surface area contributed by atoms with Crippen molar-refractivity contribution in [2.24, 2.45) is 0 Å². The van der Waals surface area contributed by atoms with Crippen molar-refractivity contribution in [2.75, 3.05) is 25.3 Å². The van der Waals surface area contributed by atoms with Crippen molar-refractivity contribution in [3.8, 4) is 17.0 Å². The van der Waals surface area contributed by atoms with Crippen LogP contribution in [0.5, 0.6) is 5.75 Å². The monoisotopic (exact) mass is 472 g/mol. The quantitative estimate of drug-likeness (QED) is 0.617. The van der Waals surface area contributed by atoms with E-state index in [4.69, 9.17) is 21.1 Å². The Morgan fingerprint density at radius 1 is 1.25 bits per heavy atom. The van der Waals surface area contributed by atoms with Crippen LogP contribution in [0, 0.1) is 0 Å². The largest absolute Gasteiger partial charge is 0.492 e. The Balaban J connectivity index is 1.84. The first-order chi connectivity index (χ1) is 15.1. The first-order valence-corrected chi connectivity index (χ1v) is 10.3. The summed E-state index contributed by atoms with van der Waals surface area (Å²) >= 11 is 6.34. The normalized spacial score (nSPS) is 16.3. The first-order valence-electron chi connectivity index (χ1n) is 9.88. The van der Waals surface area contributed by atoms with Gasteiger partial charge in [0.2, 0.25) is 0 Å². The molecule has 0 bridgehead atoms. The van der Waals surface area contributed by atoms with Gasteiger partial charge in [-0.15, -0.1) is 0 Å². The Labute approximate surface area is 185 Å². The number of carboxylic acids is 1. The van der Waals surface area contributed by atoms with E-state index < -0.39 is 28.7 Å². The lowest BCUT2D eigenvalue weighted by Gasteiger charge is -2.41. The van der Waals surface area contributed by atoms with Crippen LogP contribution in [0.1, 0.15) is 35.2 Å². The SMILES string of the molecule is COCCCOc1cc2c(cc1Cl)-c1cc(=O)c(C(=O)O)cn1N(C1(C(F)(F)F)CC1)C2. The number of pyridine rings is 1. The molecule has 4 rings (SSSR count). The molecule has 1 N–H and O–H groups in total. The molecule has 1 aliphatic heterocycles. The van der Waals surface area contributed by atoms with Crippen LogP contribution in [0.3, 0.4) is 0 Å². The number of ether oxygens (including phenoxy) is 2. The third-order valence-electron chi connectivity index (χ3n) is 5.77. The van der Waals surface area contributed by atoms with Crippen LogP contribution in [-0.4, -0.2) is 47.8 Å². The van der Waals surface area contributed by atoms with E-state index in [1.165, 1.54) is 6.07 Å². The molecule has 2 aromatic rings. The minimum absolute atomic E-state index is 0.131. The van der Waals surface area contributed by atoms with Gasteiger partial charge in [0.15, 0.2) is 11.0 Å². The Morgan fingerprint density at radius 3 is 2.56 bits per heavy atom. The molecule has 11 heteroatoms. The van der Waals surface area contributed by atoms with E-state index >= 15 is 0 Å². The number of benzene rings is 1. The number of hydrogen-bond acceptors (Lipinski definition) is 5. The van der Waals surface area contributed by atoms with E-state index in [1.807, 2.05) is 0 Å². The number of aromatic carboxylic acids is 1. The van der Waals surface area contributed by atoms with E-state index in [0.29, 0.717) is 36.5 Å². The molecule has 32 heavy (non-hydrogen) atoms. The highest BCUT2D eigenvalue weighted by Gasteiger charge is 2.68. The molecule has 0 saturated heterocycles. The maximum atomic E-state index is 14.0. The summed E-state index contributed by atoms with van der Waals surface area (Å²) in [5, 5.41) is 10.6. The van der Waals surface area contributed by atoms with Crippen molar-refractivity contribution in [3.05, 3.63) is 50.8 Å². The average Bonchev–Trinajstić information content (AvgIpc) is 3.52. The highest BCUT2D eigenvalue weighted by molar-refractivity contribution is 6.32. The van der Waals surface area contributed by atoms with Gasteiger partial charge in [-0.25, -0.2) is 4.79 Å². The number of fused-ring (bicyclic) bond motifs is 3. The standard InChI is InChI=1S/C21H20ClF3N2O5/c1-31-5-2-6-32-18-7-12-10-27(20(3-4-20)21(23,24)25)26-11-14(19(29)30)17(28)9-16(26)13(12)8-15(18)22/h7-9,11H,2-6,10H2,1H3,(H,29,30). The number of nitrogens with zero attached hydrogens (tertiary/aromatic N) is 2. The number of alkyl halides is 3. The summed E-state index contributed by atoms with van der Waals surface area (Å²) in [6.45, 7) is 0.628. The van der Waals surface area contributed by atoms with Crippen LogP contribution in [0.25, 0.3) is 11.3 Å². The number of carboxylic acid groups (broad SMARTS) is 1. The summed E-state index contributed by atoms with van der Waals surface area (Å²) < 4.78 is 53.7. The van der Waals surface area contributed by atoms with Gasteiger partial charge in [-0.05, 0) is 30.5 Å². The summed E-state index contributed by atoms with van der Waals surface area (Å²) in [5.41, 5.74) is -2.46. The topological polar surface area (TPSA) is 81.0 Å². The summed E-state index contributed by atoms with van der Waals surface area (Å²) in [6, 6.07) is 4.14. The molecule has 1 aliphatic carbocycles. The lowest BCUT2D eigenvalue weighted by atomic mass is 9.99. The van der Waals surface area contributed by atoms with Crippen molar-refractivity contribution in [3.63, 3.8) is 0 Å². The third kappa shape index (κ3) is 3.71. The van der Waals surface area contributed by atoms with Crippen LogP contribution in [0.4, 0.5) is 13.2 Å². The summed E-state index contributed by atoms with van der Waals surface area (Å²) in [7, 11) is 1.56. The molecule has 2 heterocycles. The second kappa shape index (κ2) is 8.00. The molecule has 0 amide bonds. The molecule has 0 spiro atoms. The van der Waals surface area contributed by atoms with Crippen LogP contribution in [0.15, 0.2) is 29.2 Å². The van der Waals surface area contributed by atoms with Crippen molar-refractivity contribution < 1.29 is 32.5 Å². The van der Waals surface area contributed by atoms with Gasteiger partial charge < -0.3 is 14.6 Å². The lowest BCUT2D eigenvalue weighted by Crippen LogP contribution is -2.55. The lowest BCUT2D eigenvalue weighted by molar-refractivity contribution is -0.163. The maximum absolute atomic E-state index is 14.0. The fraction of sp³-hybridized carbons (Fsp3) is 0.429. The molecule has 1 aromatic carbocycles. The van der Waals surface area contributed by atoms with Crippen LogP contribution >= 0.6 is 11.6 Å². The molecule has 7 nitrogen and oxygen atoms in total. The summed E-state index contributed by atoms with van der Waals surface area (Å²) in [5.74, 6) is -1.19. The second-order valence-corrected chi connectivity index (χ2v) is 8.22. The van der Waals surface area contributed by atoms with Crippen molar-refractivity contribution in [1.29, 1.82) is 0 Å². The number of halogens is 4. The Kier molecular flexibility index (Phi) is 5.62. The molecule has 0 unspecified atom stereocenters. The fourth-order valence-electron chi connectivity index (χ4n) is 3.95. The minimum atomic E-state index is -4.54. The van der Waals surface area contributed by atoms with Gasteiger partial charge in [0, 0.05) is 38.0 Å². The van der Waals surface area contributed by atoms with Crippen LogP contribution in [0.2, 0.25) is 5.02 Å². The van der Waals surface area contributed by atoms with Crippen LogP contribution < -0.4 is 15.2 Å². The zero-order chi connectivity index (χ0) is 23.3. The highest BCUT2D eigenvalue weighted by Crippen LogP contribution is 2.54. The zero-order valence-corrected chi connectivity index (χ0v) is 17.8. The van der Waals surface area contributed by atoms with E-state index in [0.717, 1.165) is 21.9 Å². The summed E-state index contributed by atoms with van der Waals surface area (Å²) in [6.07, 6.45) is -3.25. The Morgan fingerprint density at radius 2 is 1.97 bits per heavy atom. The predicted octanol–water partition coefficient (Wildman–Crippen LogP) is 3.83. The number of carbonyl (C=O) groups is 1. The zero-order valence-electron chi connectivity index (χ0n) is 17.0. The van der Waals surface area contributed by atoms with Crippen LogP contribution in [-0.2, 0) is 11.3 Å². The highest BCUT2D eigenvalue weighted by atomic mass is 35.5. The van der Waals surface area contributed by atoms with E-state index in [1.54, 1.807) is 13.2 Å². The number of rotatable bonds is 7. The molecular formula is C21H20ClF3N2O5. The molecule has 0 atom stereocenters. The Hall–Kier alpha value is -2.72. The number of methoxy groups -OCH3 is 1. The molecule has 172 valence electrons. The van der Waals surface area contributed by atoms with Gasteiger partial charge in [-0.1, -0.05) is 11.6 Å². The minimum Gasteiger partial charge on any atom is -0.492 e. The maximum Gasteiger partial charge on any atom is 0.413 e. The number of hydrogen-bond donors (Lipinski definition) is 1. The van der Waals surface area contributed by atoms with Gasteiger partial charge >= 0.3 is 12.1 Å². The number of aromatic nitrogens is 1. The van der Waals surface area contributed by atoms with Gasteiger partial charge in [-0.2, -0.15) is 13.2 Å². The van der Waals surface area contributed by atoms with Crippen molar-refractivity contribution >= 4 is 17.6 Å². The first kappa shape index (κ1) is 22.5. The van der Waals surface area contributed by atoms with Gasteiger partial charge in [0.1, 0.15) is 11.3 Å². The molecular weight excluding hydrogens is 453 g/mol. The molecule has 2 aliphatic rings. The summed E-state index contributed by atoms with van der Waals surface area (Å²) in [4.78, 5) is 23.8. The Bertz CT molecular complexity index is 1130. The van der Waals surface area contributed by atoms with Crippen molar-refractivity contribution in [2.45, 2.75) is 37.5 Å². The fourth-order valence-corrected chi connectivity index (χ4v) is 4.17. The second-order valence-electron chi connectivity index (χ2n) is 7.81. The van der Waals surface area contributed by atoms with Gasteiger partial charge in [0.25, 0.3) is 0 Å². The average molecular weight is 473 g/mol. The van der Waals surface area contributed by atoms with E-state index in [2.05, 4.69) is 0 Å². The molecule has 1 aromatic heterocycles. The van der Waals surface area contributed by atoms with Gasteiger partial charge in [-0.3, -0.25) is 14.5 Å².